The first-order valence-corrected chi connectivity index (χ1v) is 8.36. The number of allylic oxidation sites excluding steroid dienone is 2. The predicted octanol–water partition coefficient (Wildman–Crippen LogP) is 3.86. The second-order valence-electron chi connectivity index (χ2n) is 5.44. The molecule has 0 amide bonds. The minimum Gasteiger partial charge on any atom is -0.343 e. The molecule has 0 saturated carbocycles. The summed E-state index contributed by atoms with van der Waals surface area (Å²) in [6, 6.07) is 0. The summed E-state index contributed by atoms with van der Waals surface area (Å²) in [6.07, 6.45) is 23.8. The Morgan fingerprint density at radius 3 is 1.53 bits per heavy atom. The van der Waals surface area contributed by atoms with Crippen LogP contribution < -0.4 is 29.6 Å². The van der Waals surface area contributed by atoms with E-state index < -0.39 is 0 Å². The van der Waals surface area contributed by atoms with Gasteiger partial charge >= 0.3 is 29.6 Å². The minimum atomic E-state index is 0. The average Bonchev–Trinajstić information content (AvgIpc) is 2.39. The first-order chi connectivity index (χ1) is 8.91. The Bertz CT molecular complexity index is 145. The van der Waals surface area contributed by atoms with E-state index in [2.05, 4.69) is 26.0 Å². The largest absolute Gasteiger partial charge is 1.00 e. The van der Waals surface area contributed by atoms with Gasteiger partial charge in [0.1, 0.15) is 0 Å². The van der Waals surface area contributed by atoms with Gasteiger partial charge in [0, 0.05) is 0 Å². The number of hydrogen-bond acceptors (Lipinski definition) is 0. The molecule has 0 aliphatic rings. The monoisotopic (exact) mass is 274 g/mol. The van der Waals surface area contributed by atoms with Crippen molar-refractivity contribution in [3.63, 3.8) is 0 Å². The normalized spacial score (nSPS) is 10.8. The van der Waals surface area contributed by atoms with Crippen LogP contribution in [0, 0.1) is 6.92 Å². The Hall–Kier alpha value is 0.740. The van der Waals surface area contributed by atoms with Crippen molar-refractivity contribution in [2.75, 3.05) is 0 Å². The molecule has 0 radical (unpaired) electrons. The molecule has 108 valence electrons. The van der Waals surface area contributed by atoms with E-state index >= 15 is 0 Å². The predicted molar refractivity (Wildman–Crippen MR) is 84.8 cm³/mol. The van der Waals surface area contributed by atoms with Crippen molar-refractivity contribution >= 4 is 0 Å². The first-order valence-electron chi connectivity index (χ1n) is 8.36. The van der Waals surface area contributed by atoms with E-state index in [1.807, 2.05) is 0 Å². The molecule has 0 nitrogen and oxygen atoms in total. The second kappa shape index (κ2) is 21.0. The van der Waals surface area contributed by atoms with E-state index in [1.54, 1.807) is 0 Å². The summed E-state index contributed by atoms with van der Waals surface area (Å²) in [4.78, 5) is 0. The zero-order chi connectivity index (χ0) is 13.3. The quantitative estimate of drug-likeness (QED) is 0.195. The molecule has 1 heteroatoms. The molecule has 0 heterocycles. The van der Waals surface area contributed by atoms with Crippen molar-refractivity contribution in [1.29, 1.82) is 0 Å². The van der Waals surface area contributed by atoms with Crippen LogP contribution in [0.4, 0.5) is 0 Å². The Morgan fingerprint density at radius 2 is 1.05 bits per heavy atom. The van der Waals surface area contributed by atoms with Crippen LogP contribution in [0.25, 0.3) is 0 Å². The van der Waals surface area contributed by atoms with Gasteiger partial charge in [-0.15, -0.1) is 0 Å². The number of rotatable bonds is 14. The van der Waals surface area contributed by atoms with E-state index in [0.29, 0.717) is 0 Å². The smallest absolute Gasteiger partial charge is 0.343 e. The van der Waals surface area contributed by atoms with Crippen LogP contribution in [0.3, 0.4) is 0 Å². The standard InChI is InChI=1S/C18H35.Na/c1-3-5-7-9-11-13-15-17-18-16-14-12-10-8-6-4-2;/h17-18H,1,3-16H2,2H3;/q-1;+1. The summed E-state index contributed by atoms with van der Waals surface area (Å²) in [5.74, 6) is 0. The van der Waals surface area contributed by atoms with E-state index in [0.717, 1.165) is 6.42 Å². The minimum absolute atomic E-state index is 0. The molecule has 0 aliphatic heterocycles. The van der Waals surface area contributed by atoms with Gasteiger partial charge in [0.2, 0.25) is 0 Å². The number of hydrogen-bond donors (Lipinski definition) is 0. The molecule has 0 aliphatic carbocycles. The Morgan fingerprint density at radius 1 is 0.632 bits per heavy atom. The molecule has 0 aromatic carbocycles. The third-order valence-corrected chi connectivity index (χ3v) is 3.51. The average molecular weight is 274 g/mol. The van der Waals surface area contributed by atoms with Crippen molar-refractivity contribution in [1.82, 2.24) is 0 Å². The zero-order valence-corrected chi connectivity index (χ0v) is 15.8. The van der Waals surface area contributed by atoms with Crippen molar-refractivity contribution in [2.24, 2.45) is 0 Å². The van der Waals surface area contributed by atoms with Gasteiger partial charge in [-0.3, -0.25) is 0 Å². The van der Waals surface area contributed by atoms with Gasteiger partial charge in [-0.1, -0.05) is 76.9 Å². The van der Waals surface area contributed by atoms with E-state index in [9.17, 15) is 0 Å². The van der Waals surface area contributed by atoms with Crippen molar-refractivity contribution in [3.8, 4) is 0 Å². The molecular weight excluding hydrogens is 239 g/mol. The van der Waals surface area contributed by atoms with Crippen molar-refractivity contribution < 1.29 is 29.6 Å². The Kier molecular flexibility index (Phi) is 24.4. The molecule has 0 saturated heterocycles. The Balaban J connectivity index is 0. The fourth-order valence-electron chi connectivity index (χ4n) is 2.25. The van der Waals surface area contributed by atoms with Crippen LogP contribution in [0.15, 0.2) is 12.2 Å². The Labute approximate surface area is 145 Å². The van der Waals surface area contributed by atoms with Gasteiger partial charge in [-0.25, -0.2) is 0 Å². The molecule has 0 fully saturated rings. The van der Waals surface area contributed by atoms with Crippen LogP contribution in [-0.4, -0.2) is 0 Å². The maximum absolute atomic E-state index is 3.87. The zero-order valence-electron chi connectivity index (χ0n) is 13.8. The van der Waals surface area contributed by atoms with Gasteiger partial charge in [0.05, 0.1) is 0 Å². The van der Waals surface area contributed by atoms with Gasteiger partial charge in [0.15, 0.2) is 0 Å². The summed E-state index contributed by atoms with van der Waals surface area (Å²) in [5.41, 5.74) is 0. The fraction of sp³-hybridized carbons (Fsp3) is 0.833. The molecule has 0 N–H and O–H groups in total. The molecule has 0 spiro atoms. The molecule has 0 unspecified atom stereocenters. The maximum Gasteiger partial charge on any atom is 1.00 e. The van der Waals surface area contributed by atoms with Crippen molar-refractivity contribution in [3.05, 3.63) is 19.1 Å². The molecule has 0 aromatic rings. The number of unbranched alkanes of at least 4 members (excludes halogenated alkanes) is 12. The SMILES string of the molecule is [CH2-]CCCCCCCC=CCCCCCCCC.[Na+]. The van der Waals surface area contributed by atoms with Crippen LogP contribution in [0.1, 0.15) is 96.8 Å². The molecular formula is C18H35Na. The van der Waals surface area contributed by atoms with Crippen LogP contribution in [0.2, 0.25) is 0 Å². The summed E-state index contributed by atoms with van der Waals surface area (Å²) in [7, 11) is 0. The van der Waals surface area contributed by atoms with E-state index in [1.165, 1.54) is 83.5 Å². The maximum atomic E-state index is 3.87. The summed E-state index contributed by atoms with van der Waals surface area (Å²) in [6.45, 7) is 6.15. The molecule has 0 rings (SSSR count). The van der Waals surface area contributed by atoms with Crippen LogP contribution in [-0.2, 0) is 0 Å². The van der Waals surface area contributed by atoms with Gasteiger partial charge in [0.25, 0.3) is 0 Å². The van der Waals surface area contributed by atoms with Gasteiger partial charge in [-0.2, -0.15) is 6.42 Å². The van der Waals surface area contributed by atoms with Gasteiger partial charge < -0.3 is 6.92 Å². The summed E-state index contributed by atoms with van der Waals surface area (Å²) in [5, 5.41) is 0. The fourth-order valence-corrected chi connectivity index (χ4v) is 2.25. The van der Waals surface area contributed by atoms with E-state index in [-0.39, 0.29) is 29.6 Å². The summed E-state index contributed by atoms with van der Waals surface area (Å²) < 4.78 is 0. The first kappa shape index (κ1) is 22.0. The van der Waals surface area contributed by atoms with E-state index in [4.69, 9.17) is 0 Å². The summed E-state index contributed by atoms with van der Waals surface area (Å²) >= 11 is 0. The van der Waals surface area contributed by atoms with Crippen LogP contribution in [0.5, 0.6) is 0 Å². The third kappa shape index (κ3) is 21.2. The molecule has 19 heavy (non-hydrogen) atoms. The molecule has 0 aromatic heterocycles. The molecule has 0 bridgehead atoms. The second-order valence-corrected chi connectivity index (χ2v) is 5.44. The topological polar surface area (TPSA) is 0 Å². The third-order valence-electron chi connectivity index (χ3n) is 3.51. The van der Waals surface area contributed by atoms with Crippen molar-refractivity contribution in [2.45, 2.75) is 96.8 Å². The van der Waals surface area contributed by atoms with Gasteiger partial charge in [-0.05, 0) is 25.7 Å². The molecule has 0 atom stereocenters. The van der Waals surface area contributed by atoms with Crippen LogP contribution >= 0.6 is 0 Å².